The van der Waals surface area contributed by atoms with E-state index in [9.17, 15) is 0 Å². The first kappa shape index (κ1) is 24.2. The van der Waals surface area contributed by atoms with Crippen molar-refractivity contribution in [3.8, 4) is 11.1 Å². The Labute approximate surface area is 251 Å². The minimum Gasteiger partial charge on any atom is -0.454 e. The molecule has 9 rings (SSSR count). The van der Waals surface area contributed by atoms with Crippen LogP contribution in [0.15, 0.2) is 150 Å². The largest absolute Gasteiger partial charge is 0.454 e. The van der Waals surface area contributed by atoms with Crippen LogP contribution < -0.4 is 4.90 Å². The molecule has 0 amide bonds. The van der Waals surface area contributed by atoms with E-state index in [4.69, 9.17) is 9.40 Å². The molecule has 202 valence electrons. The lowest BCUT2D eigenvalue weighted by molar-refractivity contribution is 0.669. The number of furan rings is 1. The van der Waals surface area contributed by atoms with Crippen LogP contribution in [0.4, 0.5) is 17.2 Å². The minimum absolute atomic E-state index is 0.846. The Balaban J connectivity index is 1.28. The van der Waals surface area contributed by atoms with Crippen LogP contribution in [0.1, 0.15) is 0 Å². The second kappa shape index (κ2) is 9.55. The molecular weight excluding hydrogens is 545 g/mol. The van der Waals surface area contributed by atoms with Gasteiger partial charge in [-0.15, -0.1) is 11.3 Å². The van der Waals surface area contributed by atoms with Crippen LogP contribution in [-0.4, -0.2) is 4.98 Å². The fourth-order valence-electron chi connectivity index (χ4n) is 6.26. The zero-order valence-electron chi connectivity index (χ0n) is 23.1. The highest BCUT2D eigenvalue weighted by Crippen LogP contribution is 2.44. The zero-order valence-corrected chi connectivity index (χ0v) is 23.9. The number of para-hydroxylation sites is 2. The molecule has 0 saturated heterocycles. The van der Waals surface area contributed by atoms with Crippen molar-refractivity contribution in [2.45, 2.75) is 0 Å². The third-order valence-corrected chi connectivity index (χ3v) is 9.51. The van der Waals surface area contributed by atoms with E-state index in [0.29, 0.717) is 0 Å². The molecule has 9 aromatic rings. The van der Waals surface area contributed by atoms with Crippen molar-refractivity contribution < 1.29 is 4.42 Å². The highest BCUT2D eigenvalue weighted by atomic mass is 32.1. The van der Waals surface area contributed by atoms with E-state index in [1.807, 2.05) is 35.7 Å². The molecule has 0 atom stereocenters. The first-order valence-corrected chi connectivity index (χ1v) is 15.2. The van der Waals surface area contributed by atoms with Gasteiger partial charge in [0.2, 0.25) is 0 Å². The van der Waals surface area contributed by atoms with Crippen molar-refractivity contribution in [3.63, 3.8) is 0 Å². The number of anilines is 3. The molecule has 0 spiro atoms. The Bertz CT molecular complexity index is 2460. The van der Waals surface area contributed by atoms with Gasteiger partial charge in [-0.05, 0) is 52.2 Å². The zero-order chi connectivity index (χ0) is 28.3. The predicted molar refractivity (Wildman–Crippen MR) is 182 cm³/mol. The average Bonchev–Trinajstić information content (AvgIpc) is 3.65. The van der Waals surface area contributed by atoms with E-state index < -0.39 is 0 Å². The van der Waals surface area contributed by atoms with Crippen LogP contribution in [-0.2, 0) is 0 Å². The van der Waals surface area contributed by atoms with Gasteiger partial charge in [0.05, 0.1) is 10.4 Å². The van der Waals surface area contributed by atoms with Crippen molar-refractivity contribution in [1.29, 1.82) is 0 Å². The maximum absolute atomic E-state index is 6.52. The number of benzene rings is 6. The predicted octanol–water partition coefficient (Wildman–Crippen LogP) is 11.6. The third kappa shape index (κ3) is 3.84. The summed E-state index contributed by atoms with van der Waals surface area (Å²) < 4.78 is 9.00. The molecule has 0 aliphatic rings. The number of hydrogen-bond acceptors (Lipinski definition) is 4. The summed E-state index contributed by atoms with van der Waals surface area (Å²) in [6.45, 7) is 0. The van der Waals surface area contributed by atoms with Crippen LogP contribution in [0, 0.1) is 0 Å². The molecule has 0 bridgehead atoms. The van der Waals surface area contributed by atoms with Crippen molar-refractivity contribution in [1.82, 2.24) is 4.98 Å². The van der Waals surface area contributed by atoms with Crippen molar-refractivity contribution >= 4 is 81.4 Å². The summed E-state index contributed by atoms with van der Waals surface area (Å²) in [5.41, 5.74) is 6.06. The molecule has 4 heteroatoms. The van der Waals surface area contributed by atoms with Gasteiger partial charge in [0, 0.05) is 38.1 Å². The molecular formula is C39H24N2OS. The summed E-state index contributed by atoms with van der Waals surface area (Å²) in [5.74, 6) is 0.848. The second-order valence-electron chi connectivity index (χ2n) is 10.8. The molecule has 0 aliphatic heterocycles. The van der Waals surface area contributed by atoms with Gasteiger partial charge < -0.3 is 4.42 Å². The van der Waals surface area contributed by atoms with Gasteiger partial charge in [-0.3, -0.25) is 4.90 Å². The molecule has 3 aromatic heterocycles. The Morgan fingerprint density at radius 3 is 2.19 bits per heavy atom. The highest BCUT2D eigenvalue weighted by molar-refractivity contribution is 7.26. The number of aromatic nitrogens is 1. The number of hydrogen-bond donors (Lipinski definition) is 0. The molecule has 0 aliphatic carbocycles. The van der Waals surface area contributed by atoms with Crippen LogP contribution in [0.25, 0.3) is 64.0 Å². The number of nitrogens with zero attached hydrogens (tertiary/aromatic N) is 2. The van der Waals surface area contributed by atoms with Gasteiger partial charge in [0.1, 0.15) is 11.4 Å². The summed E-state index contributed by atoms with van der Waals surface area (Å²) in [4.78, 5) is 7.30. The van der Waals surface area contributed by atoms with E-state index in [2.05, 4.69) is 126 Å². The number of thiophene rings is 1. The molecule has 43 heavy (non-hydrogen) atoms. The lowest BCUT2D eigenvalue weighted by atomic mass is 10.0. The van der Waals surface area contributed by atoms with Gasteiger partial charge in [0.25, 0.3) is 0 Å². The minimum atomic E-state index is 0.846. The monoisotopic (exact) mass is 568 g/mol. The topological polar surface area (TPSA) is 29.3 Å². The number of fused-ring (bicyclic) bond motifs is 8. The van der Waals surface area contributed by atoms with Crippen molar-refractivity contribution in [2.24, 2.45) is 0 Å². The Kier molecular flexibility index (Phi) is 5.37. The van der Waals surface area contributed by atoms with Gasteiger partial charge in [0.15, 0.2) is 5.58 Å². The summed E-state index contributed by atoms with van der Waals surface area (Å²) >= 11 is 1.81. The Hall–Kier alpha value is -5.45. The molecule has 0 saturated carbocycles. The summed E-state index contributed by atoms with van der Waals surface area (Å²) in [6, 6.07) is 49.1. The fraction of sp³-hybridized carbons (Fsp3) is 0. The SMILES string of the molecule is c1ccc(-c2ccc(N(c3cc4c(cn3)sc3c5ccccc5ccc43)c3cccc4c3oc3ccccc34)cc2)cc1. The van der Waals surface area contributed by atoms with Gasteiger partial charge in [-0.25, -0.2) is 4.98 Å². The van der Waals surface area contributed by atoms with Gasteiger partial charge >= 0.3 is 0 Å². The maximum atomic E-state index is 6.52. The maximum Gasteiger partial charge on any atom is 0.159 e. The summed E-state index contributed by atoms with van der Waals surface area (Å²) in [7, 11) is 0. The molecule has 0 unspecified atom stereocenters. The van der Waals surface area contributed by atoms with E-state index in [1.54, 1.807) is 0 Å². The second-order valence-corrected chi connectivity index (χ2v) is 11.9. The quantitative estimate of drug-likeness (QED) is 0.211. The van der Waals surface area contributed by atoms with Gasteiger partial charge in [-0.1, -0.05) is 109 Å². The van der Waals surface area contributed by atoms with E-state index in [-0.39, 0.29) is 0 Å². The average molecular weight is 569 g/mol. The number of pyridine rings is 1. The molecule has 6 aromatic carbocycles. The fourth-order valence-corrected chi connectivity index (χ4v) is 7.45. The summed E-state index contributed by atoms with van der Waals surface area (Å²) in [6.07, 6.45) is 2.02. The molecule has 0 N–H and O–H groups in total. The number of rotatable bonds is 4. The smallest absolute Gasteiger partial charge is 0.159 e. The van der Waals surface area contributed by atoms with Crippen molar-refractivity contribution in [3.05, 3.63) is 146 Å². The Morgan fingerprint density at radius 1 is 0.558 bits per heavy atom. The van der Waals surface area contributed by atoms with E-state index in [0.717, 1.165) is 39.1 Å². The molecule has 0 radical (unpaired) electrons. The molecule has 3 heterocycles. The standard InChI is InChI=1S/C39H24N2OS/c1-2-9-25(10-3-1)26-17-20-28(21-18-26)41(34-15-8-14-31-30-13-6-7-16-35(30)42-38(31)34)37-23-33-32-22-19-27-11-4-5-12-29(27)39(32)43-36(33)24-40-37/h1-24H. The molecule has 0 fully saturated rings. The van der Waals surface area contributed by atoms with Gasteiger partial charge in [-0.2, -0.15) is 0 Å². The van der Waals surface area contributed by atoms with Crippen LogP contribution in [0.2, 0.25) is 0 Å². The van der Waals surface area contributed by atoms with Crippen LogP contribution in [0.5, 0.6) is 0 Å². The van der Waals surface area contributed by atoms with E-state index >= 15 is 0 Å². The first-order valence-electron chi connectivity index (χ1n) is 14.4. The lowest BCUT2D eigenvalue weighted by Gasteiger charge is -2.24. The highest BCUT2D eigenvalue weighted by Gasteiger charge is 2.21. The first-order chi connectivity index (χ1) is 21.3. The van der Waals surface area contributed by atoms with Crippen LogP contribution >= 0.6 is 11.3 Å². The van der Waals surface area contributed by atoms with E-state index in [1.165, 1.54) is 42.1 Å². The normalized spacial score (nSPS) is 11.7. The Morgan fingerprint density at radius 2 is 1.30 bits per heavy atom. The molecule has 3 nitrogen and oxygen atoms in total. The third-order valence-electron chi connectivity index (χ3n) is 8.32. The lowest BCUT2D eigenvalue weighted by Crippen LogP contribution is -2.11. The van der Waals surface area contributed by atoms with Crippen LogP contribution in [0.3, 0.4) is 0 Å². The van der Waals surface area contributed by atoms with Crippen molar-refractivity contribution in [2.75, 3.05) is 4.90 Å². The summed E-state index contributed by atoms with van der Waals surface area (Å²) in [5, 5.41) is 7.20.